The lowest BCUT2D eigenvalue weighted by Crippen LogP contribution is -2.41. The molecule has 150 valence electrons. The Labute approximate surface area is 173 Å². The van der Waals surface area contributed by atoms with Gasteiger partial charge in [0.2, 0.25) is 0 Å². The van der Waals surface area contributed by atoms with Gasteiger partial charge in [-0.1, -0.05) is 61.7 Å². The lowest BCUT2D eigenvalue weighted by Gasteiger charge is -2.29. The van der Waals surface area contributed by atoms with Crippen molar-refractivity contribution < 1.29 is 9.53 Å². The van der Waals surface area contributed by atoms with Gasteiger partial charge < -0.3 is 10.1 Å². The highest BCUT2D eigenvalue weighted by atomic mass is 16.5. The maximum atomic E-state index is 12.5. The lowest BCUT2D eigenvalue weighted by atomic mass is 9.86. The predicted octanol–water partition coefficient (Wildman–Crippen LogP) is 5.18. The van der Waals surface area contributed by atoms with Crippen LogP contribution < -0.4 is 10.1 Å². The van der Waals surface area contributed by atoms with Gasteiger partial charge in [0.15, 0.2) is 0 Å². The third kappa shape index (κ3) is 5.96. The van der Waals surface area contributed by atoms with Crippen molar-refractivity contribution in [2.24, 2.45) is 5.92 Å². The zero-order valence-corrected chi connectivity index (χ0v) is 17.2. The molecule has 0 aromatic heterocycles. The van der Waals surface area contributed by atoms with Crippen LogP contribution in [0.1, 0.15) is 49.3 Å². The maximum Gasteiger partial charge on any atom is 0.262 e. The molecule has 2 aromatic carbocycles. The normalized spacial score (nSPS) is 19.3. The Kier molecular flexibility index (Phi) is 7.08. The van der Waals surface area contributed by atoms with Crippen molar-refractivity contribution in [3.63, 3.8) is 0 Å². The number of hydrogen-bond acceptors (Lipinski definition) is 3. The molecule has 0 aliphatic heterocycles. The molecule has 1 saturated carbocycles. The van der Waals surface area contributed by atoms with Crippen LogP contribution in [-0.4, -0.2) is 11.9 Å². The minimum Gasteiger partial charge on any atom is -0.489 e. The molecule has 1 fully saturated rings. The number of carbonyl (C=O) groups excluding carboxylic acids is 1. The fraction of sp³-hybridized carbons (Fsp3) is 0.360. The Bertz CT molecular complexity index is 909. The zero-order valence-electron chi connectivity index (χ0n) is 17.2. The van der Waals surface area contributed by atoms with Gasteiger partial charge in [-0.25, -0.2) is 0 Å². The van der Waals surface area contributed by atoms with Crippen LogP contribution in [0.2, 0.25) is 0 Å². The lowest BCUT2D eigenvalue weighted by molar-refractivity contribution is -0.118. The summed E-state index contributed by atoms with van der Waals surface area (Å²) in [4.78, 5) is 12.5. The fourth-order valence-corrected chi connectivity index (χ4v) is 3.72. The van der Waals surface area contributed by atoms with Crippen LogP contribution in [0.5, 0.6) is 5.75 Å². The van der Waals surface area contributed by atoms with E-state index in [0.29, 0.717) is 12.5 Å². The number of benzene rings is 2. The summed E-state index contributed by atoms with van der Waals surface area (Å²) in [7, 11) is 0. The van der Waals surface area contributed by atoms with Gasteiger partial charge >= 0.3 is 0 Å². The Morgan fingerprint density at radius 3 is 2.66 bits per heavy atom. The maximum absolute atomic E-state index is 12.5. The molecular formula is C25H28N2O2. The van der Waals surface area contributed by atoms with E-state index >= 15 is 0 Å². The number of ether oxygens (including phenoxy) is 1. The van der Waals surface area contributed by atoms with Crippen LogP contribution >= 0.6 is 0 Å². The number of nitrogens with one attached hydrogen (secondary N) is 1. The monoisotopic (exact) mass is 388 g/mol. The van der Waals surface area contributed by atoms with Gasteiger partial charge in [0.1, 0.15) is 24.0 Å². The van der Waals surface area contributed by atoms with Crippen molar-refractivity contribution in [3.05, 3.63) is 70.8 Å². The second-order valence-electron chi connectivity index (χ2n) is 7.86. The summed E-state index contributed by atoms with van der Waals surface area (Å²) in [6.45, 7) is 4.72. The molecule has 1 aliphatic carbocycles. The number of carbonyl (C=O) groups is 1. The SMILES string of the molecule is Cc1cccc(COc2ccc(/C=C(\C#N)C(=O)N[C@H]3CCCC[C@H]3C)cc2)c1. The molecule has 0 bridgehead atoms. The van der Waals surface area contributed by atoms with E-state index in [1.165, 1.54) is 12.0 Å². The molecule has 1 aliphatic rings. The quantitative estimate of drug-likeness (QED) is 0.548. The standard InChI is InChI=1S/C25H28N2O2/c1-18-6-5-8-21(14-18)17-29-23-12-10-20(11-13-23)15-22(16-26)25(28)27-24-9-4-3-7-19(24)2/h5-6,8,10-15,19,24H,3-4,7,9,17H2,1-2H3,(H,27,28)/b22-15+/t19-,24+/m1/s1. The highest BCUT2D eigenvalue weighted by molar-refractivity contribution is 6.01. The molecule has 29 heavy (non-hydrogen) atoms. The number of nitriles is 1. The largest absolute Gasteiger partial charge is 0.489 e. The van der Waals surface area contributed by atoms with E-state index in [9.17, 15) is 10.1 Å². The summed E-state index contributed by atoms with van der Waals surface area (Å²) in [5.41, 5.74) is 3.26. The molecule has 0 spiro atoms. The Balaban J connectivity index is 1.60. The predicted molar refractivity (Wildman–Crippen MR) is 115 cm³/mol. The third-order valence-electron chi connectivity index (χ3n) is 5.47. The molecule has 3 rings (SSSR count). The summed E-state index contributed by atoms with van der Waals surface area (Å²) >= 11 is 0. The highest BCUT2D eigenvalue weighted by Gasteiger charge is 2.24. The fourth-order valence-electron chi connectivity index (χ4n) is 3.72. The first-order valence-corrected chi connectivity index (χ1v) is 10.3. The number of aryl methyl sites for hydroxylation is 1. The number of rotatable bonds is 6. The van der Waals surface area contributed by atoms with Crippen molar-refractivity contribution in [1.82, 2.24) is 5.32 Å². The average molecular weight is 389 g/mol. The third-order valence-corrected chi connectivity index (χ3v) is 5.47. The van der Waals surface area contributed by atoms with Crippen molar-refractivity contribution in [1.29, 1.82) is 5.26 Å². The summed E-state index contributed by atoms with van der Waals surface area (Å²) in [5.74, 6) is 0.922. The summed E-state index contributed by atoms with van der Waals surface area (Å²) in [6, 6.07) is 17.8. The second kappa shape index (κ2) is 9.93. The van der Waals surface area contributed by atoms with Gasteiger partial charge in [-0.15, -0.1) is 0 Å². The molecule has 4 nitrogen and oxygen atoms in total. The van der Waals surface area contributed by atoms with E-state index in [1.807, 2.05) is 42.5 Å². The number of hydrogen-bond donors (Lipinski definition) is 1. The summed E-state index contributed by atoms with van der Waals surface area (Å²) in [6.07, 6.45) is 6.09. The molecule has 2 atom stereocenters. The second-order valence-corrected chi connectivity index (χ2v) is 7.86. The van der Waals surface area contributed by atoms with Gasteiger partial charge in [-0.05, 0) is 55.0 Å². The van der Waals surface area contributed by atoms with Crippen LogP contribution in [0.3, 0.4) is 0 Å². The first kappa shape index (κ1) is 20.7. The summed E-state index contributed by atoms with van der Waals surface area (Å²) in [5, 5.41) is 12.5. The number of amides is 1. The smallest absolute Gasteiger partial charge is 0.262 e. The van der Waals surface area contributed by atoms with Crippen molar-refractivity contribution >= 4 is 12.0 Å². The van der Waals surface area contributed by atoms with Crippen LogP contribution in [-0.2, 0) is 11.4 Å². The highest BCUT2D eigenvalue weighted by Crippen LogP contribution is 2.24. The molecule has 0 unspecified atom stereocenters. The molecule has 0 radical (unpaired) electrons. The van der Waals surface area contributed by atoms with Crippen molar-refractivity contribution in [2.45, 2.75) is 52.2 Å². The zero-order chi connectivity index (χ0) is 20.6. The van der Waals surface area contributed by atoms with E-state index in [-0.39, 0.29) is 17.5 Å². The topological polar surface area (TPSA) is 62.1 Å². The molecule has 1 N–H and O–H groups in total. The van der Waals surface area contributed by atoms with Gasteiger partial charge in [0.05, 0.1) is 0 Å². The van der Waals surface area contributed by atoms with E-state index in [1.54, 1.807) is 6.08 Å². The van der Waals surface area contributed by atoms with Gasteiger partial charge in [0.25, 0.3) is 5.91 Å². The van der Waals surface area contributed by atoms with Crippen LogP contribution in [0.15, 0.2) is 54.1 Å². The Morgan fingerprint density at radius 1 is 1.21 bits per heavy atom. The molecular weight excluding hydrogens is 360 g/mol. The van der Waals surface area contributed by atoms with Crippen LogP contribution in [0, 0.1) is 24.2 Å². The van der Waals surface area contributed by atoms with Gasteiger partial charge in [0, 0.05) is 6.04 Å². The van der Waals surface area contributed by atoms with Crippen molar-refractivity contribution in [3.8, 4) is 11.8 Å². The van der Waals surface area contributed by atoms with E-state index in [0.717, 1.165) is 36.1 Å². The van der Waals surface area contributed by atoms with Crippen molar-refractivity contribution in [2.75, 3.05) is 0 Å². The molecule has 0 saturated heterocycles. The van der Waals surface area contributed by atoms with Gasteiger partial charge in [-0.3, -0.25) is 4.79 Å². The molecule has 4 heteroatoms. The molecule has 2 aromatic rings. The Morgan fingerprint density at radius 2 is 1.97 bits per heavy atom. The number of nitrogens with zero attached hydrogens (tertiary/aromatic N) is 1. The average Bonchev–Trinajstić information content (AvgIpc) is 2.73. The van der Waals surface area contributed by atoms with E-state index in [2.05, 4.69) is 31.3 Å². The molecule has 0 heterocycles. The summed E-state index contributed by atoms with van der Waals surface area (Å²) < 4.78 is 5.83. The van der Waals surface area contributed by atoms with Crippen LogP contribution in [0.25, 0.3) is 6.08 Å². The minimum atomic E-state index is -0.286. The minimum absolute atomic E-state index is 0.135. The Hall–Kier alpha value is -3.06. The van der Waals surface area contributed by atoms with Gasteiger partial charge in [-0.2, -0.15) is 5.26 Å². The van der Waals surface area contributed by atoms with Crippen LogP contribution in [0.4, 0.5) is 0 Å². The first-order valence-electron chi connectivity index (χ1n) is 10.3. The molecule has 1 amide bonds. The first-order chi connectivity index (χ1) is 14.0. The van der Waals surface area contributed by atoms with E-state index < -0.39 is 0 Å². The van der Waals surface area contributed by atoms with E-state index in [4.69, 9.17) is 4.74 Å².